The number of rotatable bonds is 3. The second kappa shape index (κ2) is 4.55. The average molecular weight is 175 g/mol. The largest absolute Gasteiger partial charge is 0.293 e. The van der Waals surface area contributed by atoms with Crippen molar-refractivity contribution in [1.82, 2.24) is 0 Å². The molecule has 0 N–H and O–H groups in total. The van der Waals surface area contributed by atoms with E-state index in [1.54, 1.807) is 6.92 Å². The summed E-state index contributed by atoms with van der Waals surface area (Å²) >= 11 is 0. The third kappa shape index (κ3) is 3.20. The summed E-state index contributed by atoms with van der Waals surface area (Å²) in [5, 5.41) is 0. The lowest BCUT2D eigenvalue weighted by Gasteiger charge is -1.96. The van der Waals surface area contributed by atoms with Crippen LogP contribution in [0.4, 0.5) is 0 Å². The number of hydrogen-bond acceptors (Lipinski definition) is 2. The third-order valence-corrected chi connectivity index (χ3v) is 1.85. The van der Waals surface area contributed by atoms with E-state index >= 15 is 0 Å². The number of aliphatic imine (C=N–C) groups is 1. The lowest BCUT2D eigenvalue weighted by molar-refractivity contribution is -0.111. The fourth-order valence-electron chi connectivity index (χ4n) is 0.905. The standard InChI is InChI=1S/C11H13NO/c1-9(10(2)13)12-8-11-6-4-3-5-7-11/h3-7H,8H2,1-2H3. The molecule has 0 bridgehead atoms. The van der Waals surface area contributed by atoms with Gasteiger partial charge in [0.15, 0.2) is 5.78 Å². The molecule has 1 aromatic carbocycles. The highest BCUT2D eigenvalue weighted by molar-refractivity contribution is 6.37. The first-order chi connectivity index (χ1) is 6.20. The van der Waals surface area contributed by atoms with Crippen LogP contribution in [0.2, 0.25) is 0 Å². The van der Waals surface area contributed by atoms with Gasteiger partial charge in [0.05, 0.1) is 12.3 Å². The maximum absolute atomic E-state index is 10.8. The maximum Gasteiger partial charge on any atom is 0.173 e. The predicted octanol–water partition coefficient (Wildman–Crippen LogP) is 2.24. The van der Waals surface area contributed by atoms with Crippen LogP contribution in [0.5, 0.6) is 0 Å². The Labute approximate surface area is 78.3 Å². The second-order valence-electron chi connectivity index (χ2n) is 2.94. The fraction of sp³-hybridized carbons (Fsp3) is 0.273. The number of Topliss-reactive ketones (excluding diaryl/α,β-unsaturated/α-hetero) is 1. The Morgan fingerprint density at radius 3 is 2.38 bits per heavy atom. The molecule has 0 heterocycles. The van der Waals surface area contributed by atoms with Gasteiger partial charge in [-0.2, -0.15) is 0 Å². The van der Waals surface area contributed by atoms with Crippen molar-refractivity contribution in [2.45, 2.75) is 20.4 Å². The van der Waals surface area contributed by atoms with Crippen LogP contribution in [0.1, 0.15) is 19.4 Å². The van der Waals surface area contributed by atoms with Gasteiger partial charge in [-0.15, -0.1) is 0 Å². The molecule has 0 radical (unpaired) electrons. The highest BCUT2D eigenvalue weighted by atomic mass is 16.1. The molecule has 1 aromatic rings. The molecule has 2 heteroatoms. The van der Waals surface area contributed by atoms with E-state index in [1.165, 1.54) is 6.92 Å². The van der Waals surface area contributed by atoms with Gasteiger partial charge < -0.3 is 0 Å². The molecule has 0 aromatic heterocycles. The van der Waals surface area contributed by atoms with Crippen LogP contribution in [-0.2, 0) is 11.3 Å². The van der Waals surface area contributed by atoms with E-state index in [4.69, 9.17) is 0 Å². The Hall–Kier alpha value is -1.44. The van der Waals surface area contributed by atoms with Crippen molar-refractivity contribution in [3.05, 3.63) is 35.9 Å². The molecule has 0 aliphatic rings. The van der Waals surface area contributed by atoms with E-state index in [9.17, 15) is 4.79 Å². The van der Waals surface area contributed by atoms with Crippen LogP contribution in [0.25, 0.3) is 0 Å². The lowest BCUT2D eigenvalue weighted by Crippen LogP contribution is -2.04. The van der Waals surface area contributed by atoms with Crippen molar-refractivity contribution in [1.29, 1.82) is 0 Å². The minimum atomic E-state index is 0.0379. The summed E-state index contributed by atoms with van der Waals surface area (Å²) in [6.07, 6.45) is 0. The predicted molar refractivity (Wildman–Crippen MR) is 53.9 cm³/mol. The van der Waals surface area contributed by atoms with E-state index in [0.717, 1.165) is 5.56 Å². The topological polar surface area (TPSA) is 29.4 Å². The zero-order valence-corrected chi connectivity index (χ0v) is 7.95. The van der Waals surface area contributed by atoms with Gasteiger partial charge in [0, 0.05) is 6.92 Å². The fourth-order valence-corrected chi connectivity index (χ4v) is 0.905. The van der Waals surface area contributed by atoms with Gasteiger partial charge in [0.25, 0.3) is 0 Å². The van der Waals surface area contributed by atoms with Crippen molar-refractivity contribution in [3.63, 3.8) is 0 Å². The molecule has 13 heavy (non-hydrogen) atoms. The molecule has 0 spiro atoms. The Kier molecular flexibility index (Phi) is 3.38. The summed E-state index contributed by atoms with van der Waals surface area (Å²) in [5.41, 5.74) is 1.71. The molecule has 0 unspecified atom stereocenters. The maximum atomic E-state index is 10.8. The molecular weight excluding hydrogens is 162 g/mol. The molecule has 0 atom stereocenters. The normalized spacial score (nSPS) is 11.4. The molecule has 0 fully saturated rings. The molecule has 1 rings (SSSR count). The summed E-state index contributed by atoms with van der Waals surface area (Å²) < 4.78 is 0. The number of nitrogens with zero attached hydrogens (tertiary/aromatic N) is 1. The minimum Gasteiger partial charge on any atom is -0.293 e. The van der Waals surface area contributed by atoms with Gasteiger partial charge >= 0.3 is 0 Å². The van der Waals surface area contributed by atoms with E-state index in [2.05, 4.69) is 4.99 Å². The van der Waals surface area contributed by atoms with Crippen molar-refractivity contribution in [3.8, 4) is 0 Å². The van der Waals surface area contributed by atoms with Gasteiger partial charge in [0.2, 0.25) is 0 Å². The van der Waals surface area contributed by atoms with Crippen LogP contribution < -0.4 is 0 Å². The number of carbonyl (C=O) groups excluding carboxylic acids is 1. The SMILES string of the molecule is CC(=O)C(C)=NCc1ccccc1. The van der Waals surface area contributed by atoms with Crippen LogP contribution in [-0.4, -0.2) is 11.5 Å². The Balaban J connectivity index is 2.62. The second-order valence-corrected chi connectivity index (χ2v) is 2.94. The van der Waals surface area contributed by atoms with Crippen LogP contribution >= 0.6 is 0 Å². The Bertz CT molecular complexity index is 314. The Morgan fingerprint density at radius 2 is 1.85 bits per heavy atom. The first-order valence-electron chi connectivity index (χ1n) is 4.26. The quantitative estimate of drug-likeness (QED) is 0.648. The van der Waals surface area contributed by atoms with Gasteiger partial charge in [-0.1, -0.05) is 30.3 Å². The molecule has 0 aliphatic heterocycles. The summed E-state index contributed by atoms with van der Waals surface area (Å²) in [6, 6.07) is 9.89. The molecule has 0 saturated carbocycles. The molecule has 68 valence electrons. The van der Waals surface area contributed by atoms with Gasteiger partial charge in [0.1, 0.15) is 0 Å². The zero-order valence-electron chi connectivity index (χ0n) is 7.95. The zero-order chi connectivity index (χ0) is 9.68. The van der Waals surface area contributed by atoms with E-state index < -0.39 is 0 Å². The molecular formula is C11H13NO. The first kappa shape index (κ1) is 9.65. The Morgan fingerprint density at radius 1 is 1.23 bits per heavy atom. The monoisotopic (exact) mass is 175 g/mol. The summed E-state index contributed by atoms with van der Waals surface area (Å²) in [6.45, 7) is 3.86. The number of ketones is 1. The average Bonchev–Trinajstić information content (AvgIpc) is 2.15. The molecule has 0 saturated heterocycles. The number of hydrogen-bond donors (Lipinski definition) is 0. The summed E-state index contributed by atoms with van der Waals surface area (Å²) in [5.74, 6) is 0.0379. The van der Waals surface area contributed by atoms with Gasteiger partial charge in [-0.3, -0.25) is 9.79 Å². The smallest absolute Gasteiger partial charge is 0.173 e. The van der Waals surface area contributed by atoms with Gasteiger partial charge in [-0.25, -0.2) is 0 Å². The van der Waals surface area contributed by atoms with Crippen LogP contribution in [0.3, 0.4) is 0 Å². The molecule has 0 amide bonds. The number of carbonyl (C=O) groups is 1. The van der Waals surface area contributed by atoms with Crippen molar-refractivity contribution in [2.75, 3.05) is 0 Å². The van der Waals surface area contributed by atoms with Crippen molar-refractivity contribution in [2.24, 2.45) is 4.99 Å². The van der Waals surface area contributed by atoms with E-state index in [1.807, 2.05) is 30.3 Å². The van der Waals surface area contributed by atoms with Crippen molar-refractivity contribution >= 4 is 11.5 Å². The van der Waals surface area contributed by atoms with E-state index in [0.29, 0.717) is 12.3 Å². The van der Waals surface area contributed by atoms with Gasteiger partial charge in [-0.05, 0) is 12.5 Å². The van der Waals surface area contributed by atoms with Crippen molar-refractivity contribution < 1.29 is 4.79 Å². The summed E-state index contributed by atoms with van der Waals surface area (Å²) in [4.78, 5) is 15.0. The van der Waals surface area contributed by atoms with Crippen LogP contribution in [0.15, 0.2) is 35.3 Å². The molecule has 0 aliphatic carbocycles. The highest BCUT2D eigenvalue weighted by Crippen LogP contribution is 2.00. The lowest BCUT2D eigenvalue weighted by atomic mass is 10.2. The van der Waals surface area contributed by atoms with Crippen LogP contribution in [0, 0.1) is 0 Å². The summed E-state index contributed by atoms with van der Waals surface area (Å²) in [7, 11) is 0. The first-order valence-corrected chi connectivity index (χ1v) is 4.26. The number of benzene rings is 1. The highest BCUT2D eigenvalue weighted by Gasteiger charge is 1.96. The minimum absolute atomic E-state index is 0.0379. The molecule has 2 nitrogen and oxygen atoms in total. The van der Waals surface area contributed by atoms with E-state index in [-0.39, 0.29) is 5.78 Å². The third-order valence-electron chi connectivity index (χ3n) is 1.85.